The third kappa shape index (κ3) is 40.7. The van der Waals surface area contributed by atoms with Crippen LogP contribution in [0.15, 0.2) is 36.5 Å². The van der Waals surface area contributed by atoms with Gasteiger partial charge in [-0.1, -0.05) is 166 Å². The standard InChI is InChI=1S/C51H93NO7/c1-6-8-10-12-14-16-18-20-21-22-23-24-25-26-27-28-30-32-34-36-38-40-42-50(54)59-47(45-57-44-43-48(51(55)56)52(3,4)5)46-58-49(53)41-39-37-35-33-31-29-19-17-15-13-11-9-7-2/h22-23,25-26,29,31,47-48H,6-21,24,27-28,30,32-46H2,1-5H3/p+1/b23-22+,26-25+,31-29+. The van der Waals surface area contributed by atoms with Crippen LogP contribution in [0.2, 0.25) is 0 Å². The molecular weight excluding hydrogens is 739 g/mol. The first-order valence-corrected chi connectivity index (χ1v) is 24.5. The van der Waals surface area contributed by atoms with E-state index in [1.54, 1.807) is 0 Å². The smallest absolute Gasteiger partial charge is 0.362 e. The maximum Gasteiger partial charge on any atom is 0.362 e. The Labute approximate surface area is 364 Å². The first-order valence-electron chi connectivity index (χ1n) is 24.5. The molecule has 8 nitrogen and oxygen atoms in total. The Morgan fingerprint density at radius 2 is 0.898 bits per heavy atom. The van der Waals surface area contributed by atoms with Gasteiger partial charge in [-0.3, -0.25) is 9.59 Å². The number of nitrogens with zero attached hydrogens (tertiary/aromatic N) is 1. The molecule has 0 aromatic carbocycles. The van der Waals surface area contributed by atoms with Crippen molar-refractivity contribution in [3.05, 3.63) is 36.5 Å². The molecule has 59 heavy (non-hydrogen) atoms. The Balaban J connectivity index is 4.27. The molecule has 0 rings (SSSR count). The molecule has 2 atom stereocenters. The van der Waals surface area contributed by atoms with Crippen molar-refractivity contribution in [1.29, 1.82) is 0 Å². The second-order valence-electron chi connectivity index (χ2n) is 17.7. The van der Waals surface area contributed by atoms with E-state index in [2.05, 4.69) is 50.3 Å². The van der Waals surface area contributed by atoms with Gasteiger partial charge in [-0.25, -0.2) is 4.79 Å². The number of hydrogen-bond acceptors (Lipinski definition) is 6. The third-order valence-electron chi connectivity index (χ3n) is 11.0. The Morgan fingerprint density at radius 1 is 0.508 bits per heavy atom. The van der Waals surface area contributed by atoms with Crippen LogP contribution in [0, 0.1) is 0 Å². The van der Waals surface area contributed by atoms with Gasteiger partial charge in [0.05, 0.1) is 34.4 Å². The van der Waals surface area contributed by atoms with Crippen molar-refractivity contribution in [3.8, 4) is 0 Å². The second kappa shape index (κ2) is 42.2. The lowest BCUT2D eigenvalue weighted by Gasteiger charge is -2.31. The van der Waals surface area contributed by atoms with E-state index in [-0.39, 0.29) is 36.2 Å². The number of aliphatic carboxylic acids is 1. The normalized spacial score (nSPS) is 13.2. The van der Waals surface area contributed by atoms with Crippen molar-refractivity contribution in [2.45, 2.75) is 231 Å². The molecule has 0 fully saturated rings. The molecule has 1 N–H and O–H groups in total. The van der Waals surface area contributed by atoms with Gasteiger partial charge in [0.25, 0.3) is 0 Å². The maximum atomic E-state index is 12.8. The molecule has 0 aromatic heterocycles. The number of allylic oxidation sites excluding steroid dienone is 6. The van der Waals surface area contributed by atoms with Gasteiger partial charge in [-0.15, -0.1) is 0 Å². The van der Waals surface area contributed by atoms with Gasteiger partial charge in [0.1, 0.15) is 6.61 Å². The number of carboxylic acid groups (broad SMARTS) is 1. The summed E-state index contributed by atoms with van der Waals surface area (Å²) < 4.78 is 17.3. The number of ether oxygens (including phenoxy) is 3. The van der Waals surface area contributed by atoms with Crippen LogP contribution in [-0.4, -0.2) is 80.6 Å². The van der Waals surface area contributed by atoms with Crippen LogP contribution >= 0.6 is 0 Å². The predicted molar refractivity (Wildman–Crippen MR) is 248 cm³/mol. The van der Waals surface area contributed by atoms with Gasteiger partial charge in [0.15, 0.2) is 12.1 Å². The van der Waals surface area contributed by atoms with Gasteiger partial charge >= 0.3 is 17.9 Å². The van der Waals surface area contributed by atoms with E-state index < -0.39 is 18.1 Å². The van der Waals surface area contributed by atoms with Crippen molar-refractivity contribution in [1.82, 2.24) is 0 Å². The SMILES string of the molecule is CCCCCCCC/C=C/CCCCCC(=O)OCC(COCCC(C(=O)O)[N+](C)(C)C)OC(=O)CCCCCCCCC/C=C/C/C=C/CCCCCCCCCC. The van der Waals surface area contributed by atoms with Crippen molar-refractivity contribution in [2.24, 2.45) is 0 Å². The molecule has 0 bridgehead atoms. The quantitative estimate of drug-likeness (QED) is 0.0282. The zero-order chi connectivity index (χ0) is 43.5. The van der Waals surface area contributed by atoms with E-state index in [1.165, 1.54) is 122 Å². The van der Waals surface area contributed by atoms with Crippen LogP contribution in [0.4, 0.5) is 0 Å². The summed E-state index contributed by atoms with van der Waals surface area (Å²) in [5, 5.41) is 9.63. The van der Waals surface area contributed by atoms with Crippen molar-refractivity contribution in [3.63, 3.8) is 0 Å². The highest BCUT2D eigenvalue weighted by atomic mass is 16.6. The summed E-state index contributed by atoms with van der Waals surface area (Å²) in [5.41, 5.74) is 0. The summed E-state index contributed by atoms with van der Waals surface area (Å²) in [7, 11) is 5.53. The Bertz CT molecular complexity index is 1060. The van der Waals surface area contributed by atoms with E-state index >= 15 is 0 Å². The van der Waals surface area contributed by atoms with Gasteiger partial charge < -0.3 is 23.8 Å². The molecule has 0 aliphatic heterocycles. The number of rotatable bonds is 44. The molecule has 0 saturated carbocycles. The molecule has 0 aliphatic carbocycles. The largest absolute Gasteiger partial charge is 0.477 e. The van der Waals surface area contributed by atoms with Crippen molar-refractivity contribution < 1.29 is 38.2 Å². The number of unbranched alkanes of at least 4 members (excludes halogenated alkanes) is 24. The third-order valence-corrected chi connectivity index (χ3v) is 11.0. The maximum absolute atomic E-state index is 12.8. The number of hydrogen-bond donors (Lipinski definition) is 1. The summed E-state index contributed by atoms with van der Waals surface area (Å²) in [6.45, 7) is 4.72. The first-order chi connectivity index (χ1) is 28.6. The molecule has 0 aromatic rings. The fourth-order valence-corrected chi connectivity index (χ4v) is 7.18. The fourth-order valence-electron chi connectivity index (χ4n) is 7.18. The number of carbonyl (C=O) groups excluding carboxylic acids is 2. The second-order valence-corrected chi connectivity index (χ2v) is 17.7. The number of carboxylic acids is 1. The minimum atomic E-state index is -0.877. The highest BCUT2D eigenvalue weighted by Crippen LogP contribution is 2.14. The number of carbonyl (C=O) groups is 3. The number of likely N-dealkylation sites (N-methyl/N-ethyl adjacent to an activating group) is 1. The van der Waals surface area contributed by atoms with Crippen LogP contribution < -0.4 is 0 Å². The molecule has 8 heteroatoms. The minimum absolute atomic E-state index is 0.0544. The highest BCUT2D eigenvalue weighted by molar-refractivity contribution is 5.72. The fraction of sp³-hybridized carbons (Fsp3) is 0.824. The molecule has 0 radical (unpaired) electrons. The van der Waals surface area contributed by atoms with E-state index in [4.69, 9.17) is 14.2 Å². The van der Waals surface area contributed by atoms with Gasteiger partial charge in [-0.05, 0) is 70.6 Å². The average Bonchev–Trinajstić information content (AvgIpc) is 3.19. The van der Waals surface area contributed by atoms with E-state index in [0.29, 0.717) is 19.3 Å². The monoisotopic (exact) mass is 833 g/mol. The lowest BCUT2D eigenvalue weighted by atomic mass is 10.1. The topological polar surface area (TPSA) is 99.1 Å². The van der Waals surface area contributed by atoms with Crippen LogP contribution in [-0.2, 0) is 28.6 Å². The minimum Gasteiger partial charge on any atom is -0.477 e. The number of esters is 2. The van der Waals surface area contributed by atoms with Crippen LogP contribution in [0.1, 0.15) is 219 Å². The molecule has 0 saturated heterocycles. The first kappa shape index (κ1) is 56.5. The summed E-state index contributed by atoms with van der Waals surface area (Å²) in [6.07, 6.45) is 49.1. The highest BCUT2D eigenvalue weighted by Gasteiger charge is 2.31. The van der Waals surface area contributed by atoms with E-state index in [0.717, 1.165) is 64.2 Å². The van der Waals surface area contributed by atoms with Crippen molar-refractivity contribution in [2.75, 3.05) is 41.0 Å². The average molecular weight is 833 g/mol. The predicted octanol–water partition coefficient (Wildman–Crippen LogP) is 13.8. The molecule has 0 spiro atoms. The lowest BCUT2D eigenvalue weighted by molar-refractivity contribution is -0.887. The molecule has 0 aliphatic rings. The van der Waals surface area contributed by atoms with Crippen LogP contribution in [0.5, 0.6) is 0 Å². The van der Waals surface area contributed by atoms with E-state index in [1.807, 2.05) is 21.1 Å². The zero-order valence-corrected chi connectivity index (χ0v) is 39.2. The molecule has 0 heterocycles. The molecular formula is C51H94NO7+. The van der Waals surface area contributed by atoms with Crippen LogP contribution in [0.3, 0.4) is 0 Å². The lowest BCUT2D eigenvalue weighted by Crippen LogP contribution is -2.50. The molecule has 0 amide bonds. The van der Waals surface area contributed by atoms with E-state index in [9.17, 15) is 19.5 Å². The molecule has 2 unspecified atom stereocenters. The summed E-state index contributed by atoms with van der Waals surface area (Å²) in [6, 6.07) is -0.618. The summed E-state index contributed by atoms with van der Waals surface area (Å²) >= 11 is 0. The van der Waals surface area contributed by atoms with Crippen LogP contribution in [0.25, 0.3) is 0 Å². The summed E-state index contributed by atoms with van der Waals surface area (Å²) in [4.78, 5) is 37.0. The van der Waals surface area contributed by atoms with Crippen molar-refractivity contribution >= 4 is 17.9 Å². The Morgan fingerprint density at radius 3 is 1.34 bits per heavy atom. The van der Waals surface area contributed by atoms with Gasteiger partial charge in [-0.2, -0.15) is 0 Å². The Hall–Kier alpha value is -2.45. The molecule has 344 valence electrons. The zero-order valence-electron chi connectivity index (χ0n) is 39.2. The summed E-state index contributed by atoms with van der Waals surface area (Å²) in [5.74, 6) is -1.49. The Kier molecular flexibility index (Phi) is 40.5. The number of quaternary nitrogens is 1. The van der Waals surface area contributed by atoms with Gasteiger partial charge in [0.2, 0.25) is 0 Å². The van der Waals surface area contributed by atoms with Gasteiger partial charge in [0, 0.05) is 19.3 Å².